The van der Waals surface area contributed by atoms with E-state index in [0.29, 0.717) is 25.7 Å². The number of carbonyl (C=O) groups is 4. The highest BCUT2D eigenvalue weighted by molar-refractivity contribution is 7.47. The molecule has 586 valence electrons. The summed E-state index contributed by atoms with van der Waals surface area (Å²) < 4.78 is 68.6. The van der Waals surface area contributed by atoms with Gasteiger partial charge in [-0.15, -0.1) is 0 Å². The summed E-state index contributed by atoms with van der Waals surface area (Å²) in [6, 6.07) is 0. The molecule has 0 aromatic heterocycles. The van der Waals surface area contributed by atoms with Crippen LogP contribution in [0.5, 0.6) is 0 Å². The van der Waals surface area contributed by atoms with Crippen LogP contribution in [0.15, 0.2) is 122 Å². The Kier molecular flexibility index (Phi) is 71.4. The molecular weight excluding hydrogens is 1330 g/mol. The lowest BCUT2D eigenvalue weighted by molar-refractivity contribution is -0.161. The number of aliphatic hydroxyl groups excluding tert-OH is 1. The van der Waals surface area contributed by atoms with E-state index >= 15 is 0 Å². The van der Waals surface area contributed by atoms with Crippen LogP contribution in [0.3, 0.4) is 0 Å². The molecule has 0 aliphatic carbocycles. The number of rotatable bonds is 74. The zero-order valence-corrected chi connectivity index (χ0v) is 65.8. The minimum absolute atomic E-state index is 0.0727. The van der Waals surface area contributed by atoms with Crippen LogP contribution in [-0.4, -0.2) is 96.7 Å². The minimum Gasteiger partial charge on any atom is -0.462 e. The zero-order valence-electron chi connectivity index (χ0n) is 64.0. The molecule has 0 amide bonds. The first kappa shape index (κ1) is 97.5. The number of esters is 4. The highest BCUT2D eigenvalue weighted by Gasteiger charge is 2.30. The lowest BCUT2D eigenvalue weighted by atomic mass is 10.0. The van der Waals surface area contributed by atoms with Crippen LogP contribution in [0, 0.1) is 0 Å². The molecule has 0 saturated carbocycles. The molecule has 0 saturated heterocycles. The number of unbranched alkanes of at least 4 members (excludes halogenated alkanes) is 28. The minimum atomic E-state index is -4.99. The van der Waals surface area contributed by atoms with Crippen molar-refractivity contribution in [2.75, 3.05) is 39.6 Å². The van der Waals surface area contributed by atoms with E-state index in [1.165, 1.54) is 64.2 Å². The van der Waals surface area contributed by atoms with E-state index in [0.717, 1.165) is 180 Å². The van der Waals surface area contributed by atoms with Gasteiger partial charge in [0.2, 0.25) is 0 Å². The first-order valence-electron chi connectivity index (χ1n) is 39.8. The molecular formula is C83H142O17P2. The van der Waals surface area contributed by atoms with Crippen LogP contribution in [0.1, 0.15) is 323 Å². The van der Waals surface area contributed by atoms with Gasteiger partial charge in [-0.2, -0.15) is 0 Å². The monoisotopic (exact) mass is 1470 g/mol. The lowest BCUT2D eigenvalue weighted by Crippen LogP contribution is -2.30. The number of aliphatic hydroxyl groups is 1. The van der Waals surface area contributed by atoms with Gasteiger partial charge in [0.05, 0.1) is 26.4 Å². The largest absolute Gasteiger partial charge is 0.472 e. The van der Waals surface area contributed by atoms with Crippen LogP contribution < -0.4 is 0 Å². The molecule has 0 heterocycles. The molecule has 0 aliphatic heterocycles. The number of carbonyl (C=O) groups excluding carboxylic acids is 4. The van der Waals surface area contributed by atoms with Crippen molar-refractivity contribution in [3.63, 3.8) is 0 Å². The molecule has 19 heteroatoms. The third-order valence-electron chi connectivity index (χ3n) is 16.4. The average molecular weight is 1470 g/mol. The van der Waals surface area contributed by atoms with E-state index in [9.17, 15) is 43.2 Å². The Balaban J connectivity index is 5.39. The Hall–Kier alpha value is -4.54. The highest BCUT2D eigenvalue weighted by atomic mass is 31.2. The van der Waals surface area contributed by atoms with Crippen molar-refractivity contribution in [3.8, 4) is 0 Å². The normalized spacial score (nSPS) is 14.5. The van der Waals surface area contributed by atoms with E-state index in [1.54, 1.807) is 0 Å². The molecule has 0 aromatic rings. The maximum Gasteiger partial charge on any atom is 0.472 e. The van der Waals surface area contributed by atoms with Gasteiger partial charge in [-0.1, -0.05) is 290 Å². The maximum absolute atomic E-state index is 13.1. The molecule has 0 fully saturated rings. The number of allylic oxidation sites excluding steroid dienone is 20. The first-order valence-corrected chi connectivity index (χ1v) is 42.8. The Morgan fingerprint density at radius 1 is 0.284 bits per heavy atom. The summed E-state index contributed by atoms with van der Waals surface area (Å²) in [5.74, 6) is -2.24. The predicted octanol–water partition coefficient (Wildman–Crippen LogP) is 23.1. The Bertz CT molecular complexity index is 2410. The summed E-state index contributed by atoms with van der Waals surface area (Å²) in [6.45, 7) is 4.54. The lowest BCUT2D eigenvalue weighted by Gasteiger charge is -2.21. The Morgan fingerprint density at radius 2 is 0.529 bits per heavy atom. The van der Waals surface area contributed by atoms with Crippen LogP contribution in [-0.2, 0) is 65.4 Å². The molecule has 0 spiro atoms. The molecule has 102 heavy (non-hydrogen) atoms. The highest BCUT2D eigenvalue weighted by Crippen LogP contribution is 2.45. The van der Waals surface area contributed by atoms with Gasteiger partial charge in [-0.05, 0) is 128 Å². The fourth-order valence-electron chi connectivity index (χ4n) is 10.4. The van der Waals surface area contributed by atoms with Crippen LogP contribution >= 0.6 is 15.6 Å². The summed E-state index contributed by atoms with van der Waals surface area (Å²) in [5.41, 5.74) is 0. The molecule has 0 aliphatic rings. The van der Waals surface area contributed by atoms with E-state index in [1.807, 2.05) is 0 Å². The Labute approximate surface area is 619 Å². The SMILES string of the molecule is CC/C=C\C/C=C\C/C=C\C/C=C\C/C=C\CCCCCC(=O)OCC(COP(=O)(O)OCC(O)COP(=O)(O)OCC(COC(=O)CCCCCCC/C=C\C/C=C\C/C=C\CC)OC(=O)CCCCCCC/C=C\C/C=C\CCC)OC(=O)CCCCCCCCCCCCCCCCC. The van der Waals surface area contributed by atoms with E-state index < -0.39 is 97.5 Å². The van der Waals surface area contributed by atoms with Gasteiger partial charge < -0.3 is 33.8 Å². The summed E-state index contributed by atoms with van der Waals surface area (Å²) in [7, 11) is -9.97. The fourth-order valence-corrected chi connectivity index (χ4v) is 12.0. The second-order valence-corrected chi connectivity index (χ2v) is 29.2. The van der Waals surface area contributed by atoms with Gasteiger partial charge in [0, 0.05) is 25.7 Å². The van der Waals surface area contributed by atoms with Gasteiger partial charge in [-0.3, -0.25) is 37.3 Å². The van der Waals surface area contributed by atoms with Crippen molar-refractivity contribution in [3.05, 3.63) is 122 Å². The van der Waals surface area contributed by atoms with Gasteiger partial charge >= 0.3 is 39.5 Å². The second-order valence-electron chi connectivity index (χ2n) is 26.2. The number of ether oxygens (including phenoxy) is 4. The summed E-state index contributed by atoms with van der Waals surface area (Å²) in [6.07, 6.45) is 81.8. The molecule has 5 atom stereocenters. The van der Waals surface area contributed by atoms with Gasteiger partial charge in [0.15, 0.2) is 12.2 Å². The van der Waals surface area contributed by atoms with Crippen molar-refractivity contribution in [1.82, 2.24) is 0 Å². The van der Waals surface area contributed by atoms with Gasteiger partial charge in [0.1, 0.15) is 19.3 Å². The summed E-state index contributed by atoms with van der Waals surface area (Å²) in [4.78, 5) is 73.0. The molecule has 17 nitrogen and oxygen atoms in total. The first-order chi connectivity index (χ1) is 49.7. The van der Waals surface area contributed by atoms with Crippen molar-refractivity contribution in [1.29, 1.82) is 0 Å². The standard InChI is InChI=1S/C83H142O17P2/c1-5-9-13-17-21-25-29-33-36-37-38-39-42-45-48-52-56-60-64-68-81(86)94-74-79(100-83(88)70-66-62-58-54-50-46-41-35-31-27-23-19-15-11-7-3)76-98-102(91,92)96-72-77(84)71-95-101(89,90)97-75-78(99-82(87)69-65-61-57-53-49-43-32-28-24-20-16-12-8-4)73-93-80(85)67-63-59-55-51-47-44-40-34-30-26-22-18-14-10-6-2/h9-10,13-14,16,20-22,25-26,28,32-34,36,38-40,45,48,77-79,84H,5-8,11-12,15,17-19,23-24,27,29-31,35,37,41-44,46-47,49-76H2,1-4H3,(H,89,90)(H,91,92)/b13-9-,14-10-,20-16-,25-21-,26-22-,32-28-,36-33-,39-38-,40-34-,48-45-. The number of hydrogen-bond acceptors (Lipinski definition) is 15. The van der Waals surface area contributed by atoms with Gasteiger partial charge in [-0.25, -0.2) is 9.13 Å². The average Bonchev–Trinajstić information content (AvgIpc) is 0.924. The molecule has 3 N–H and O–H groups in total. The number of phosphoric acid groups is 2. The molecule has 0 rings (SSSR count). The van der Waals surface area contributed by atoms with Crippen molar-refractivity contribution in [2.45, 2.75) is 341 Å². The van der Waals surface area contributed by atoms with E-state index in [4.69, 9.17) is 37.0 Å². The van der Waals surface area contributed by atoms with Crippen LogP contribution in [0.4, 0.5) is 0 Å². The van der Waals surface area contributed by atoms with Crippen molar-refractivity contribution >= 4 is 39.5 Å². The number of hydrogen-bond donors (Lipinski definition) is 3. The molecule has 0 bridgehead atoms. The Morgan fingerprint density at radius 3 is 0.833 bits per heavy atom. The smallest absolute Gasteiger partial charge is 0.462 e. The maximum atomic E-state index is 13.1. The molecule has 0 radical (unpaired) electrons. The molecule has 0 aromatic carbocycles. The van der Waals surface area contributed by atoms with Crippen molar-refractivity contribution < 1.29 is 80.2 Å². The van der Waals surface area contributed by atoms with E-state index in [-0.39, 0.29) is 25.7 Å². The van der Waals surface area contributed by atoms with Gasteiger partial charge in [0.25, 0.3) is 0 Å². The topological polar surface area (TPSA) is 237 Å². The third-order valence-corrected chi connectivity index (χ3v) is 18.3. The summed E-state index contributed by atoms with van der Waals surface area (Å²) >= 11 is 0. The second kappa shape index (κ2) is 74.7. The molecule has 5 unspecified atom stereocenters. The van der Waals surface area contributed by atoms with E-state index in [2.05, 4.69) is 149 Å². The zero-order chi connectivity index (χ0) is 74.6. The van der Waals surface area contributed by atoms with Crippen LogP contribution in [0.25, 0.3) is 0 Å². The fraction of sp³-hybridized carbons (Fsp3) is 0.711. The summed E-state index contributed by atoms with van der Waals surface area (Å²) in [5, 5.41) is 10.6. The quantitative estimate of drug-likeness (QED) is 0.0169. The third kappa shape index (κ3) is 73.8. The predicted molar refractivity (Wildman–Crippen MR) is 418 cm³/mol. The van der Waals surface area contributed by atoms with Crippen molar-refractivity contribution in [2.24, 2.45) is 0 Å². The number of phosphoric ester groups is 2. The van der Waals surface area contributed by atoms with Crippen LogP contribution in [0.2, 0.25) is 0 Å².